The van der Waals surface area contributed by atoms with E-state index in [1.165, 1.54) is 18.3 Å². The molecule has 0 aliphatic carbocycles. The Balaban J connectivity index is 0.000000541. The highest BCUT2D eigenvalue weighted by Crippen LogP contribution is 2.43. The molecule has 0 unspecified atom stereocenters. The second kappa shape index (κ2) is 18.0. The van der Waals surface area contributed by atoms with Crippen LogP contribution in [0.15, 0.2) is 47.5 Å². The van der Waals surface area contributed by atoms with E-state index in [9.17, 15) is 36.3 Å². The van der Waals surface area contributed by atoms with Gasteiger partial charge in [0.25, 0.3) is 0 Å². The maximum Gasteiger partial charge on any atom is 0.303 e. The molecule has 0 saturated carbocycles. The van der Waals surface area contributed by atoms with Gasteiger partial charge >= 0.3 is 17.9 Å². The van der Waals surface area contributed by atoms with Gasteiger partial charge < -0.3 is 24.7 Å². The molecule has 2 N–H and O–H groups in total. The third kappa shape index (κ3) is 10.6. The van der Waals surface area contributed by atoms with E-state index in [4.69, 9.17) is 71.1 Å². The molecular formula is C32H25Cl4F5N4O7S. The van der Waals surface area contributed by atoms with Gasteiger partial charge in [-0.25, -0.2) is 26.6 Å². The number of esters is 3. The molecule has 1 fully saturated rings. The van der Waals surface area contributed by atoms with Crippen LogP contribution in [-0.2, 0) is 33.3 Å². The lowest BCUT2D eigenvalue weighted by Crippen LogP contribution is -2.57. The fourth-order valence-corrected chi connectivity index (χ4v) is 6.65. The van der Waals surface area contributed by atoms with Gasteiger partial charge in [-0.1, -0.05) is 63.4 Å². The number of anilines is 1. The fourth-order valence-electron chi connectivity index (χ4n) is 4.79. The summed E-state index contributed by atoms with van der Waals surface area (Å²) >= 11 is 23.7. The molecular weight excluding hydrogens is 821 g/mol. The molecule has 2 heterocycles. The predicted octanol–water partition coefficient (Wildman–Crippen LogP) is 8.01. The SMILES string of the molecule is CC(=O)OC[C@H]1O[C@H](Sc2cc(Cl)c(Cl)cc2F)[C@H](OC(C)=O)[C@@H](n2cc(-c3cc(F)c(F)c(F)c3)nn2)[C@H]1OC(C)=O.Nc1cc(Cl)c(Cl)cc1F. The topological polar surface area (TPSA) is 145 Å². The zero-order valence-electron chi connectivity index (χ0n) is 27.2. The van der Waals surface area contributed by atoms with E-state index in [2.05, 4.69) is 10.3 Å². The second-order valence-corrected chi connectivity index (χ2v) is 13.7. The lowest BCUT2D eigenvalue weighted by molar-refractivity contribution is -0.212. The summed E-state index contributed by atoms with van der Waals surface area (Å²) in [5, 5.41) is 8.27. The van der Waals surface area contributed by atoms with E-state index in [0.717, 1.165) is 49.3 Å². The molecule has 3 aromatic carbocycles. The molecule has 0 bridgehead atoms. The lowest BCUT2D eigenvalue weighted by Gasteiger charge is -2.44. The first-order valence-corrected chi connectivity index (χ1v) is 17.2. The number of nitrogens with two attached hydrogens (primary N) is 1. The molecule has 11 nitrogen and oxygen atoms in total. The highest BCUT2D eigenvalue weighted by Gasteiger charge is 2.52. The molecule has 5 atom stereocenters. The minimum atomic E-state index is -1.69. The van der Waals surface area contributed by atoms with E-state index in [1.54, 1.807) is 0 Å². The van der Waals surface area contributed by atoms with E-state index in [-0.39, 0.29) is 41.9 Å². The van der Waals surface area contributed by atoms with Crippen LogP contribution in [0.25, 0.3) is 11.3 Å². The van der Waals surface area contributed by atoms with Crippen LogP contribution in [0.3, 0.4) is 0 Å². The van der Waals surface area contributed by atoms with Gasteiger partial charge in [0.2, 0.25) is 0 Å². The first-order chi connectivity index (χ1) is 24.9. The molecule has 4 aromatic rings. The zero-order valence-corrected chi connectivity index (χ0v) is 31.1. The Hall–Kier alpha value is -3.87. The van der Waals surface area contributed by atoms with Gasteiger partial charge in [0.15, 0.2) is 29.7 Å². The van der Waals surface area contributed by atoms with Gasteiger partial charge in [-0.3, -0.25) is 14.4 Å². The van der Waals surface area contributed by atoms with Crippen molar-refractivity contribution in [2.45, 2.75) is 55.5 Å². The van der Waals surface area contributed by atoms with Gasteiger partial charge in [-0.2, -0.15) is 0 Å². The van der Waals surface area contributed by atoms with Crippen molar-refractivity contribution < 1.29 is 55.3 Å². The second-order valence-electron chi connectivity index (χ2n) is 10.9. The number of hydrogen-bond donors (Lipinski definition) is 1. The lowest BCUT2D eigenvalue weighted by atomic mass is 9.96. The van der Waals surface area contributed by atoms with Crippen LogP contribution in [-0.4, -0.2) is 63.3 Å². The van der Waals surface area contributed by atoms with Crippen LogP contribution >= 0.6 is 58.2 Å². The molecule has 0 spiro atoms. The number of carbonyl (C=O) groups is 3. The molecule has 21 heteroatoms. The number of hydrogen-bond acceptors (Lipinski definition) is 11. The maximum absolute atomic E-state index is 14.9. The Morgan fingerprint density at radius 1 is 0.792 bits per heavy atom. The van der Waals surface area contributed by atoms with Crippen molar-refractivity contribution in [1.29, 1.82) is 0 Å². The number of nitrogens with zero attached hydrogens (tertiary/aromatic N) is 3. The number of rotatable bonds is 8. The first-order valence-electron chi connectivity index (χ1n) is 14.8. The predicted molar refractivity (Wildman–Crippen MR) is 184 cm³/mol. The zero-order chi connectivity index (χ0) is 39.3. The Bertz CT molecular complexity index is 1960. The van der Waals surface area contributed by atoms with Crippen LogP contribution in [0, 0.1) is 29.1 Å². The molecule has 0 radical (unpaired) electrons. The molecule has 5 rings (SSSR count). The minimum Gasteiger partial charge on any atom is -0.463 e. The Labute approximate surface area is 321 Å². The van der Waals surface area contributed by atoms with Gasteiger partial charge in [0.1, 0.15) is 41.5 Å². The van der Waals surface area contributed by atoms with Crippen LogP contribution in [0.4, 0.5) is 27.6 Å². The van der Waals surface area contributed by atoms with Crippen LogP contribution in [0.5, 0.6) is 0 Å². The Morgan fingerprint density at radius 3 is 1.91 bits per heavy atom. The number of ether oxygens (including phenoxy) is 4. The standard InChI is InChI=1S/C26H21Cl2F4N3O7S.C6H4Cl2FN/c1-10(36)39-9-20-24(40-11(2)37)23(35-8-19(33-34-35)13-4-17(30)22(32)18(31)5-13)25(41-12(3)38)26(42-20)43-21-7-15(28)14(27)6-16(21)29;7-3-1-5(9)6(10)2-4(3)8/h4-8,20,23-26H,9H2,1-3H3;1-2H,10H2/t20-,23+,24+,25-,26-;/m1./s1. The van der Waals surface area contributed by atoms with Crippen LogP contribution < -0.4 is 5.73 Å². The smallest absolute Gasteiger partial charge is 0.303 e. The Kier molecular flexibility index (Phi) is 14.2. The number of thioether (sulfide) groups is 1. The fraction of sp³-hybridized carbons (Fsp3) is 0.281. The summed E-state index contributed by atoms with van der Waals surface area (Å²) in [5.74, 6) is -8.31. The van der Waals surface area contributed by atoms with Crippen LogP contribution in [0.1, 0.15) is 26.8 Å². The summed E-state index contributed by atoms with van der Waals surface area (Å²) in [4.78, 5) is 36.0. The summed E-state index contributed by atoms with van der Waals surface area (Å²) in [6.45, 7) is 2.84. The van der Waals surface area contributed by atoms with Crippen molar-refractivity contribution in [1.82, 2.24) is 15.0 Å². The van der Waals surface area contributed by atoms with Crippen molar-refractivity contribution in [3.8, 4) is 11.3 Å². The summed E-state index contributed by atoms with van der Waals surface area (Å²) in [6, 6.07) is 4.64. The third-order valence-corrected chi connectivity index (χ3v) is 9.65. The number of halogens is 9. The van der Waals surface area contributed by atoms with Crippen molar-refractivity contribution >= 4 is 81.8 Å². The van der Waals surface area contributed by atoms with E-state index < -0.39 is 83.4 Å². The summed E-state index contributed by atoms with van der Waals surface area (Å²) < 4.78 is 92.2. The summed E-state index contributed by atoms with van der Waals surface area (Å²) in [5.41, 5.74) is 3.58. The average molecular weight is 846 g/mol. The van der Waals surface area contributed by atoms with Crippen molar-refractivity contribution in [2.24, 2.45) is 0 Å². The molecule has 284 valence electrons. The molecule has 1 aliphatic rings. The monoisotopic (exact) mass is 844 g/mol. The van der Waals surface area contributed by atoms with Crippen LogP contribution in [0.2, 0.25) is 20.1 Å². The summed E-state index contributed by atoms with van der Waals surface area (Å²) in [6.07, 6.45) is -2.82. The third-order valence-electron chi connectivity index (χ3n) is 7.02. The largest absolute Gasteiger partial charge is 0.463 e. The number of carbonyl (C=O) groups excluding carboxylic acids is 3. The summed E-state index contributed by atoms with van der Waals surface area (Å²) in [7, 11) is 0. The molecule has 1 saturated heterocycles. The highest BCUT2D eigenvalue weighted by molar-refractivity contribution is 7.99. The highest BCUT2D eigenvalue weighted by atomic mass is 35.5. The molecule has 1 aromatic heterocycles. The number of benzene rings is 3. The number of aromatic nitrogens is 3. The van der Waals surface area contributed by atoms with Gasteiger partial charge in [0, 0.05) is 31.2 Å². The quantitative estimate of drug-likeness (QED) is 0.0460. The van der Waals surface area contributed by atoms with Gasteiger partial charge in [0.05, 0.1) is 32.0 Å². The van der Waals surface area contributed by atoms with E-state index in [1.807, 2.05) is 0 Å². The van der Waals surface area contributed by atoms with E-state index in [0.29, 0.717) is 12.1 Å². The van der Waals surface area contributed by atoms with Gasteiger partial charge in [-0.05, 0) is 36.4 Å². The maximum atomic E-state index is 14.9. The molecule has 53 heavy (non-hydrogen) atoms. The van der Waals surface area contributed by atoms with E-state index >= 15 is 0 Å². The normalized spacial score (nSPS) is 19.5. The molecule has 1 aliphatic heterocycles. The van der Waals surface area contributed by atoms with Crippen molar-refractivity contribution in [2.75, 3.05) is 12.3 Å². The first kappa shape index (κ1) is 41.9. The van der Waals surface area contributed by atoms with Crippen molar-refractivity contribution in [3.63, 3.8) is 0 Å². The Morgan fingerprint density at radius 2 is 1.34 bits per heavy atom. The minimum absolute atomic E-state index is 0.00870. The molecule has 0 amide bonds. The van der Waals surface area contributed by atoms with Crippen molar-refractivity contribution in [3.05, 3.63) is 91.8 Å². The number of nitrogen functional groups attached to an aromatic ring is 1. The average Bonchev–Trinajstić information content (AvgIpc) is 3.55. The van der Waals surface area contributed by atoms with Gasteiger partial charge in [-0.15, -0.1) is 5.10 Å².